The summed E-state index contributed by atoms with van der Waals surface area (Å²) in [6.07, 6.45) is 4.86. The van der Waals surface area contributed by atoms with Crippen molar-refractivity contribution in [2.45, 2.75) is 19.4 Å². The van der Waals surface area contributed by atoms with E-state index in [2.05, 4.69) is 20.3 Å². The summed E-state index contributed by atoms with van der Waals surface area (Å²) in [5.74, 6) is 0.438. The highest BCUT2D eigenvalue weighted by atomic mass is 35.5. The van der Waals surface area contributed by atoms with E-state index >= 15 is 0 Å². The van der Waals surface area contributed by atoms with Crippen LogP contribution in [0.5, 0.6) is 11.6 Å². The lowest BCUT2D eigenvalue weighted by Crippen LogP contribution is -2.57. The number of fused-ring (bicyclic) bond motifs is 3. The Kier molecular flexibility index (Phi) is 7.84. The highest BCUT2D eigenvalue weighted by molar-refractivity contribution is 6.36. The van der Waals surface area contributed by atoms with Gasteiger partial charge in [-0.1, -0.05) is 11.6 Å². The van der Waals surface area contributed by atoms with Crippen LogP contribution in [0.3, 0.4) is 0 Å². The zero-order chi connectivity index (χ0) is 28.3. The first-order chi connectivity index (χ1) is 18.6. The van der Waals surface area contributed by atoms with E-state index in [9.17, 15) is 9.59 Å². The van der Waals surface area contributed by atoms with Crippen molar-refractivity contribution < 1.29 is 29.0 Å². The van der Waals surface area contributed by atoms with E-state index in [1.54, 1.807) is 56.8 Å². The van der Waals surface area contributed by atoms with E-state index in [1.807, 2.05) is 13.0 Å². The molecule has 1 aliphatic rings. The van der Waals surface area contributed by atoms with Crippen LogP contribution in [-0.4, -0.2) is 64.5 Å². The molecule has 4 aromatic rings. The molecule has 0 aliphatic carbocycles. The number of methoxy groups -OCH3 is 1. The van der Waals surface area contributed by atoms with E-state index in [-0.39, 0.29) is 29.8 Å². The fraction of sp³-hybridized carbons (Fsp3) is 0.222. The van der Waals surface area contributed by atoms with Crippen LogP contribution in [-0.2, 0) is 14.3 Å². The van der Waals surface area contributed by atoms with Crippen LogP contribution in [0, 0.1) is 6.92 Å². The summed E-state index contributed by atoms with van der Waals surface area (Å²) < 4.78 is 11.1. The summed E-state index contributed by atoms with van der Waals surface area (Å²) in [6.45, 7) is 3.60. The summed E-state index contributed by atoms with van der Waals surface area (Å²) >= 11 is 6.53. The van der Waals surface area contributed by atoms with Crippen LogP contribution in [0.1, 0.15) is 28.4 Å². The second-order valence-electron chi connectivity index (χ2n) is 9.05. The minimum atomic E-state index is -1.01. The van der Waals surface area contributed by atoms with Gasteiger partial charge in [0, 0.05) is 44.2 Å². The van der Waals surface area contributed by atoms with Gasteiger partial charge >= 0.3 is 0 Å². The van der Waals surface area contributed by atoms with E-state index in [4.69, 9.17) is 31.0 Å². The monoisotopic (exact) mass is 551 g/mol. The number of pyridine rings is 2. The number of halogens is 1. The number of hydrogen-bond acceptors (Lipinski definition) is 8. The molecule has 39 heavy (non-hydrogen) atoms. The summed E-state index contributed by atoms with van der Waals surface area (Å²) in [7, 11) is 3.21. The van der Waals surface area contributed by atoms with Gasteiger partial charge in [0.2, 0.25) is 5.88 Å². The van der Waals surface area contributed by atoms with Gasteiger partial charge in [-0.15, -0.1) is 0 Å². The lowest BCUT2D eigenvalue weighted by atomic mass is 9.95. The molecule has 1 aliphatic heterocycles. The maximum Gasteiger partial charge on any atom is 0.290 e. The minimum absolute atomic E-state index is 0.149. The average Bonchev–Trinajstić information content (AvgIpc) is 3.33. The molecular weight excluding hydrogens is 526 g/mol. The Morgan fingerprint density at radius 2 is 1.97 bits per heavy atom. The summed E-state index contributed by atoms with van der Waals surface area (Å²) in [6, 6.07) is 8.56. The third kappa shape index (κ3) is 5.27. The van der Waals surface area contributed by atoms with Gasteiger partial charge in [0.25, 0.3) is 12.4 Å². The Bertz CT molecular complexity index is 1570. The predicted molar refractivity (Wildman–Crippen MR) is 146 cm³/mol. The predicted octanol–water partition coefficient (Wildman–Crippen LogP) is 4.44. The molecule has 0 radical (unpaired) electrons. The Morgan fingerprint density at radius 3 is 2.64 bits per heavy atom. The molecule has 3 N–H and O–H groups in total. The molecule has 0 fully saturated rings. The normalized spacial score (nSPS) is 16.1. The van der Waals surface area contributed by atoms with E-state index < -0.39 is 5.54 Å². The number of carboxylic acid groups (broad SMARTS) is 1. The number of nitrogens with zero attached hydrogens (tertiary/aromatic N) is 3. The second-order valence-corrected chi connectivity index (χ2v) is 9.46. The van der Waals surface area contributed by atoms with Crippen molar-refractivity contribution in [3.8, 4) is 11.6 Å². The molecule has 12 heteroatoms. The number of carbonyl (C=O) groups excluding carboxylic acids is 2. The Labute approximate surface area is 228 Å². The standard InChI is InChI=1S/C26H24ClN5O4.CH2O2/c1-14-7-8-28-20(9-14)36-15-5-6-16(18(27)10-15)23(33)17-11-29-24-21(17)22-19(12-30-24)32(3)25(34)26(2,31-22)13-35-4;2-1-3/h5-12,31H,13H2,1-4H3,(H,29,30);1H,(H,2,3). The number of H-pyrrole nitrogens is 1. The first kappa shape index (κ1) is 27.6. The van der Waals surface area contributed by atoms with E-state index in [1.165, 1.54) is 12.0 Å². The zero-order valence-electron chi connectivity index (χ0n) is 21.6. The first-order valence-electron chi connectivity index (χ1n) is 11.7. The number of ether oxygens (including phenoxy) is 2. The van der Waals surface area contributed by atoms with Crippen molar-refractivity contribution in [1.29, 1.82) is 0 Å². The molecular formula is C27H26ClN5O6. The smallest absolute Gasteiger partial charge is 0.290 e. The Morgan fingerprint density at radius 1 is 1.23 bits per heavy atom. The number of ketones is 1. The molecule has 11 nitrogen and oxygen atoms in total. The van der Waals surface area contributed by atoms with E-state index in [0.717, 1.165) is 5.56 Å². The number of hydrogen-bond donors (Lipinski definition) is 3. The molecule has 1 amide bonds. The Balaban J connectivity index is 0.00000112. The maximum absolute atomic E-state index is 13.7. The molecule has 0 bridgehead atoms. The number of aromatic nitrogens is 3. The third-order valence-corrected chi connectivity index (χ3v) is 6.51. The van der Waals surface area contributed by atoms with Gasteiger partial charge in [0.05, 0.1) is 40.2 Å². The van der Waals surface area contributed by atoms with Crippen LogP contribution in [0.25, 0.3) is 11.0 Å². The van der Waals surface area contributed by atoms with Crippen molar-refractivity contribution in [1.82, 2.24) is 15.0 Å². The molecule has 202 valence electrons. The molecule has 3 aromatic heterocycles. The fourth-order valence-electron chi connectivity index (χ4n) is 4.41. The summed E-state index contributed by atoms with van der Waals surface area (Å²) in [5, 5.41) is 11.0. The van der Waals surface area contributed by atoms with Crippen molar-refractivity contribution in [3.63, 3.8) is 0 Å². The van der Waals surface area contributed by atoms with E-state index in [0.29, 0.717) is 45.2 Å². The number of rotatable bonds is 6. The number of amides is 1. The van der Waals surface area contributed by atoms with Gasteiger partial charge in [-0.25, -0.2) is 9.97 Å². The maximum atomic E-state index is 13.7. The van der Waals surface area contributed by atoms with Gasteiger partial charge < -0.3 is 29.8 Å². The average molecular weight is 552 g/mol. The first-order valence-corrected chi connectivity index (χ1v) is 12.1. The lowest BCUT2D eigenvalue weighted by Gasteiger charge is -2.40. The summed E-state index contributed by atoms with van der Waals surface area (Å²) in [4.78, 5) is 48.2. The van der Waals surface area contributed by atoms with Gasteiger partial charge in [-0.2, -0.15) is 0 Å². The third-order valence-electron chi connectivity index (χ3n) is 6.20. The van der Waals surface area contributed by atoms with Gasteiger partial charge in [0.15, 0.2) is 5.78 Å². The summed E-state index contributed by atoms with van der Waals surface area (Å²) in [5.41, 5.74) is 2.37. The highest BCUT2D eigenvalue weighted by Crippen LogP contribution is 2.41. The number of aryl methyl sites for hydroxylation is 1. The van der Waals surface area contributed by atoms with Crippen LogP contribution in [0.4, 0.5) is 11.4 Å². The molecule has 5 rings (SSSR count). The molecule has 1 atom stereocenters. The lowest BCUT2D eigenvalue weighted by molar-refractivity contribution is -0.124. The van der Waals surface area contributed by atoms with Crippen molar-refractivity contribution >= 4 is 52.2 Å². The van der Waals surface area contributed by atoms with Gasteiger partial charge in [-0.3, -0.25) is 14.4 Å². The molecule has 4 heterocycles. The van der Waals surface area contributed by atoms with Crippen molar-refractivity contribution in [2.24, 2.45) is 0 Å². The molecule has 0 saturated carbocycles. The van der Waals surface area contributed by atoms with Crippen molar-refractivity contribution in [3.05, 3.63) is 70.6 Å². The number of anilines is 2. The minimum Gasteiger partial charge on any atom is -0.483 e. The second kappa shape index (κ2) is 11.1. The Hall–Kier alpha value is -4.48. The van der Waals surface area contributed by atoms with Crippen LogP contribution < -0.4 is 15.0 Å². The van der Waals surface area contributed by atoms with Crippen LogP contribution in [0.15, 0.2) is 48.9 Å². The molecule has 1 unspecified atom stereocenters. The quantitative estimate of drug-likeness (QED) is 0.234. The van der Waals surface area contributed by atoms with Crippen molar-refractivity contribution in [2.75, 3.05) is 31.0 Å². The fourth-order valence-corrected chi connectivity index (χ4v) is 4.67. The largest absolute Gasteiger partial charge is 0.483 e. The highest BCUT2D eigenvalue weighted by Gasteiger charge is 2.42. The van der Waals surface area contributed by atoms with Gasteiger partial charge in [-0.05, 0) is 37.6 Å². The molecule has 0 spiro atoms. The SMILES string of the molecule is COCC1(C)Nc2c(cnc3[nH]cc(C(=O)c4ccc(Oc5cc(C)ccn5)cc4Cl)c23)N(C)C1=O.O=CO. The zero-order valence-corrected chi connectivity index (χ0v) is 22.4. The number of likely N-dealkylation sites (N-methyl/N-ethyl adjacent to an activating group) is 1. The number of aromatic amines is 1. The van der Waals surface area contributed by atoms with Crippen LogP contribution >= 0.6 is 11.6 Å². The topological polar surface area (TPSA) is 147 Å². The van der Waals surface area contributed by atoms with Crippen LogP contribution in [0.2, 0.25) is 5.02 Å². The van der Waals surface area contributed by atoms with Gasteiger partial charge in [0.1, 0.15) is 16.9 Å². The number of benzene rings is 1. The molecule has 1 aromatic carbocycles. The molecule has 0 saturated heterocycles. The number of nitrogens with one attached hydrogen (secondary N) is 2. The number of carbonyl (C=O) groups is 3.